The van der Waals surface area contributed by atoms with Crippen LogP contribution in [0, 0.1) is 0 Å². The molecule has 3 aromatic heterocycles. The van der Waals surface area contributed by atoms with E-state index in [9.17, 15) is 4.79 Å². The quantitative estimate of drug-likeness (QED) is 0.804. The molecule has 0 radical (unpaired) electrons. The predicted octanol–water partition coefficient (Wildman–Crippen LogP) is 3.10. The van der Waals surface area contributed by atoms with Gasteiger partial charge in [0.25, 0.3) is 11.8 Å². The number of pyridine rings is 1. The van der Waals surface area contributed by atoms with Gasteiger partial charge >= 0.3 is 6.01 Å². The lowest BCUT2D eigenvalue weighted by Crippen LogP contribution is -2.10. The second-order valence-corrected chi connectivity index (χ2v) is 5.43. The van der Waals surface area contributed by atoms with Crippen molar-refractivity contribution in [3.05, 3.63) is 45.9 Å². The Bertz CT molecular complexity index is 741. The fourth-order valence-corrected chi connectivity index (χ4v) is 2.41. The SMILES string of the molecule is O=C(Nc1nnc(-c2cccnc2)o1)c1ccc(Cl)s1. The van der Waals surface area contributed by atoms with Gasteiger partial charge < -0.3 is 4.42 Å². The third-order valence-electron chi connectivity index (χ3n) is 2.35. The van der Waals surface area contributed by atoms with Crippen LogP contribution in [-0.4, -0.2) is 21.1 Å². The number of carbonyl (C=O) groups is 1. The molecule has 0 unspecified atom stereocenters. The summed E-state index contributed by atoms with van der Waals surface area (Å²) in [5.74, 6) is -0.0547. The molecule has 0 aliphatic carbocycles. The van der Waals surface area contributed by atoms with Crippen molar-refractivity contribution >= 4 is 34.9 Å². The van der Waals surface area contributed by atoms with E-state index in [2.05, 4.69) is 20.5 Å². The second kappa shape index (κ2) is 5.40. The summed E-state index contributed by atoms with van der Waals surface area (Å²) >= 11 is 6.94. The predicted molar refractivity (Wildman–Crippen MR) is 74.8 cm³/mol. The number of anilines is 1. The highest BCUT2D eigenvalue weighted by Crippen LogP contribution is 2.23. The molecular formula is C12H7ClN4O2S. The fourth-order valence-electron chi connectivity index (χ4n) is 1.47. The Morgan fingerprint density at radius 3 is 2.90 bits per heavy atom. The van der Waals surface area contributed by atoms with Crippen molar-refractivity contribution < 1.29 is 9.21 Å². The molecule has 0 saturated carbocycles. The van der Waals surface area contributed by atoms with Gasteiger partial charge in [0, 0.05) is 12.4 Å². The average Bonchev–Trinajstić information content (AvgIpc) is 3.09. The number of nitrogens with zero attached hydrogens (tertiary/aromatic N) is 3. The molecule has 3 heterocycles. The molecule has 0 atom stereocenters. The van der Waals surface area contributed by atoms with Crippen molar-refractivity contribution in [2.45, 2.75) is 0 Å². The topological polar surface area (TPSA) is 80.9 Å². The largest absolute Gasteiger partial charge is 0.403 e. The summed E-state index contributed by atoms with van der Waals surface area (Å²) in [6, 6.07) is 6.84. The van der Waals surface area contributed by atoms with Crippen molar-refractivity contribution in [1.82, 2.24) is 15.2 Å². The molecule has 20 heavy (non-hydrogen) atoms. The van der Waals surface area contributed by atoms with Crippen LogP contribution in [0.2, 0.25) is 4.34 Å². The molecular weight excluding hydrogens is 300 g/mol. The van der Waals surface area contributed by atoms with Gasteiger partial charge in [0.15, 0.2) is 0 Å². The third kappa shape index (κ3) is 2.68. The van der Waals surface area contributed by atoms with Crippen molar-refractivity contribution in [1.29, 1.82) is 0 Å². The van der Waals surface area contributed by atoms with Crippen LogP contribution in [-0.2, 0) is 0 Å². The summed E-state index contributed by atoms with van der Waals surface area (Å²) in [5, 5.41) is 10.1. The van der Waals surface area contributed by atoms with Gasteiger partial charge in [-0.25, -0.2) is 0 Å². The summed E-state index contributed by atoms with van der Waals surface area (Å²) in [7, 11) is 0. The van der Waals surface area contributed by atoms with E-state index >= 15 is 0 Å². The lowest BCUT2D eigenvalue weighted by molar-refractivity contribution is 0.102. The number of amides is 1. The Kier molecular flexibility index (Phi) is 3.44. The van der Waals surface area contributed by atoms with Crippen molar-refractivity contribution in [3.8, 4) is 11.5 Å². The summed E-state index contributed by atoms with van der Waals surface area (Å²) in [4.78, 5) is 16.3. The zero-order chi connectivity index (χ0) is 13.9. The van der Waals surface area contributed by atoms with Crippen LogP contribution in [0.3, 0.4) is 0 Å². The highest BCUT2D eigenvalue weighted by atomic mass is 35.5. The first-order chi connectivity index (χ1) is 9.72. The van der Waals surface area contributed by atoms with Crippen molar-refractivity contribution in [2.75, 3.05) is 5.32 Å². The minimum atomic E-state index is -0.344. The van der Waals surface area contributed by atoms with E-state index in [-0.39, 0.29) is 17.8 Å². The van der Waals surface area contributed by atoms with Gasteiger partial charge in [-0.15, -0.1) is 16.4 Å². The molecule has 6 nitrogen and oxygen atoms in total. The van der Waals surface area contributed by atoms with E-state index in [4.69, 9.17) is 16.0 Å². The monoisotopic (exact) mass is 306 g/mol. The molecule has 100 valence electrons. The van der Waals surface area contributed by atoms with Crippen LogP contribution >= 0.6 is 22.9 Å². The lowest BCUT2D eigenvalue weighted by atomic mass is 10.3. The molecule has 0 fully saturated rings. The van der Waals surface area contributed by atoms with E-state index in [1.807, 2.05) is 0 Å². The first kappa shape index (κ1) is 12.8. The van der Waals surface area contributed by atoms with E-state index in [1.54, 1.807) is 36.7 Å². The molecule has 8 heteroatoms. The van der Waals surface area contributed by atoms with Crippen LogP contribution < -0.4 is 5.32 Å². The Hall–Kier alpha value is -2.25. The molecule has 0 aliphatic rings. The van der Waals surface area contributed by atoms with Gasteiger partial charge in [-0.2, -0.15) is 0 Å². The van der Waals surface area contributed by atoms with Gasteiger partial charge in [0.05, 0.1) is 14.8 Å². The van der Waals surface area contributed by atoms with Gasteiger partial charge in [-0.3, -0.25) is 15.1 Å². The minimum absolute atomic E-state index is 0.0263. The number of carbonyl (C=O) groups excluding carboxylic acids is 1. The first-order valence-corrected chi connectivity index (χ1v) is 6.72. The number of thiophene rings is 1. The number of aromatic nitrogens is 3. The van der Waals surface area contributed by atoms with Gasteiger partial charge in [-0.05, 0) is 24.3 Å². The second-order valence-electron chi connectivity index (χ2n) is 3.71. The number of halogens is 1. The summed E-state index contributed by atoms with van der Waals surface area (Å²) in [6.07, 6.45) is 3.24. The normalized spacial score (nSPS) is 10.4. The first-order valence-electron chi connectivity index (χ1n) is 5.53. The minimum Gasteiger partial charge on any atom is -0.403 e. The van der Waals surface area contributed by atoms with Gasteiger partial charge in [0.2, 0.25) is 0 Å². The van der Waals surface area contributed by atoms with Gasteiger partial charge in [0.1, 0.15) is 0 Å². The van der Waals surface area contributed by atoms with E-state index in [0.29, 0.717) is 14.8 Å². The zero-order valence-corrected chi connectivity index (χ0v) is 11.5. The molecule has 3 rings (SSSR count). The average molecular weight is 307 g/mol. The Labute approximate surface area is 122 Å². The molecule has 0 aliphatic heterocycles. The summed E-state index contributed by atoms with van der Waals surface area (Å²) in [6.45, 7) is 0. The maximum atomic E-state index is 11.9. The van der Waals surface area contributed by atoms with Crippen molar-refractivity contribution in [3.63, 3.8) is 0 Å². The molecule has 0 bridgehead atoms. The molecule has 1 N–H and O–H groups in total. The maximum Gasteiger partial charge on any atom is 0.322 e. The van der Waals surface area contributed by atoms with Crippen molar-refractivity contribution in [2.24, 2.45) is 0 Å². The van der Waals surface area contributed by atoms with E-state index in [0.717, 1.165) is 0 Å². The highest BCUT2D eigenvalue weighted by Gasteiger charge is 2.14. The van der Waals surface area contributed by atoms with Crippen LogP contribution in [0.25, 0.3) is 11.5 Å². The summed E-state index contributed by atoms with van der Waals surface area (Å²) in [5.41, 5.74) is 0.680. The summed E-state index contributed by atoms with van der Waals surface area (Å²) < 4.78 is 5.88. The standard InChI is InChI=1S/C12H7ClN4O2S/c13-9-4-3-8(20-9)10(18)15-12-17-16-11(19-12)7-2-1-5-14-6-7/h1-6H,(H,15,17,18). The van der Waals surface area contributed by atoms with E-state index in [1.165, 1.54) is 11.3 Å². The van der Waals surface area contributed by atoms with Crippen LogP contribution in [0.15, 0.2) is 41.1 Å². The van der Waals surface area contributed by atoms with Crippen LogP contribution in [0.1, 0.15) is 9.67 Å². The smallest absolute Gasteiger partial charge is 0.322 e. The highest BCUT2D eigenvalue weighted by molar-refractivity contribution is 7.18. The molecule has 0 aromatic carbocycles. The molecule has 1 amide bonds. The molecule has 0 spiro atoms. The lowest BCUT2D eigenvalue weighted by Gasteiger charge is -1.96. The number of hydrogen-bond donors (Lipinski definition) is 1. The number of hydrogen-bond acceptors (Lipinski definition) is 6. The Morgan fingerprint density at radius 2 is 2.20 bits per heavy atom. The number of nitrogens with one attached hydrogen (secondary N) is 1. The zero-order valence-electron chi connectivity index (χ0n) is 9.91. The van der Waals surface area contributed by atoms with Gasteiger partial charge in [-0.1, -0.05) is 16.7 Å². The number of rotatable bonds is 3. The van der Waals surface area contributed by atoms with Crippen LogP contribution in [0.4, 0.5) is 6.01 Å². The third-order valence-corrected chi connectivity index (χ3v) is 3.58. The Balaban J connectivity index is 1.76. The maximum absolute atomic E-state index is 11.9. The fraction of sp³-hybridized carbons (Fsp3) is 0. The van der Waals surface area contributed by atoms with E-state index < -0.39 is 0 Å². The Morgan fingerprint density at radius 1 is 1.30 bits per heavy atom. The van der Waals surface area contributed by atoms with Crippen LogP contribution in [0.5, 0.6) is 0 Å². The molecule has 0 saturated heterocycles. The molecule has 3 aromatic rings.